The van der Waals surface area contributed by atoms with Crippen molar-refractivity contribution in [3.8, 4) is 0 Å². The summed E-state index contributed by atoms with van der Waals surface area (Å²) >= 11 is 0. The first kappa shape index (κ1) is 22.1. The van der Waals surface area contributed by atoms with Crippen LogP contribution in [0.25, 0.3) is 16.3 Å². The molecule has 172 valence electrons. The summed E-state index contributed by atoms with van der Waals surface area (Å²) in [6.45, 7) is 13.8. The molecule has 0 spiro atoms. The van der Waals surface area contributed by atoms with Crippen LogP contribution in [0.3, 0.4) is 0 Å². The molecule has 4 heteroatoms. The van der Waals surface area contributed by atoms with E-state index in [2.05, 4.69) is 36.3 Å². The first-order valence-corrected chi connectivity index (χ1v) is 12.3. The SMILES string of the molecule is C=C(C1=C(CC(=C)C2CCOCC2)CCN(C(C)=O)C1)c1cccc2c(C3CC3)cncc12. The van der Waals surface area contributed by atoms with Crippen LogP contribution in [-0.2, 0) is 9.53 Å². The highest BCUT2D eigenvalue weighted by molar-refractivity contribution is 5.98. The minimum absolute atomic E-state index is 0.123. The predicted molar refractivity (Wildman–Crippen MR) is 134 cm³/mol. The Morgan fingerprint density at radius 3 is 2.64 bits per heavy atom. The highest BCUT2D eigenvalue weighted by Crippen LogP contribution is 2.44. The molecule has 1 saturated carbocycles. The molecule has 1 amide bonds. The Bertz CT molecular complexity index is 1140. The minimum atomic E-state index is 0.123. The molecule has 1 aromatic heterocycles. The van der Waals surface area contributed by atoms with Gasteiger partial charge >= 0.3 is 0 Å². The van der Waals surface area contributed by atoms with Gasteiger partial charge in [0.05, 0.1) is 0 Å². The standard InChI is InChI=1S/C29H34N2O2/c1-19(22-10-13-33-14-11-22)15-24-9-12-31(21(3)32)18-29(24)20(2)25-5-4-6-26-27(23-7-8-23)16-30-17-28(25)26/h4-6,16-17,22-23H,1-2,7-15,18H2,3H3. The number of ether oxygens (including phenoxy) is 1. The molecule has 1 aromatic carbocycles. The number of hydrogen-bond acceptors (Lipinski definition) is 3. The van der Waals surface area contributed by atoms with Crippen molar-refractivity contribution in [2.45, 2.75) is 51.4 Å². The van der Waals surface area contributed by atoms with Gasteiger partial charge in [0.2, 0.25) is 5.91 Å². The number of allylic oxidation sites excluding steroid dienone is 1. The summed E-state index contributed by atoms with van der Waals surface area (Å²) in [7, 11) is 0. The van der Waals surface area contributed by atoms with Crippen LogP contribution in [0.2, 0.25) is 0 Å². The van der Waals surface area contributed by atoms with Gasteiger partial charge in [0.15, 0.2) is 0 Å². The van der Waals surface area contributed by atoms with Gasteiger partial charge in [-0.3, -0.25) is 9.78 Å². The van der Waals surface area contributed by atoms with E-state index in [0.717, 1.165) is 56.6 Å². The van der Waals surface area contributed by atoms with Crippen LogP contribution in [0.15, 0.2) is 60.5 Å². The lowest BCUT2D eigenvalue weighted by atomic mass is 9.82. The molecule has 0 radical (unpaired) electrons. The average Bonchev–Trinajstić information content (AvgIpc) is 3.69. The number of rotatable bonds is 6. The summed E-state index contributed by atoms with van der Waals surface area (Å²) in [5.41, 5.74) is 7.41. The van der Waals surface area contributed by atoms with E-state index in [4.69, 9.17) is 4.74 Å². The highest BCUT2D eigenvalue weighted by atomic mass is 16.5. The third-order valence-corrected chi connectivity index (χ3v) is 7.68. The Labute approximate surface area is 197 Å². The maximum Gasteiger partial charge on any atom is 0.219 e. The largest absolute Gasteiger partial charge is 0.381 e. The number of nitrogens with zero attached hydrogens (tertiary/aromatic N) is 2. The van der Waals surface area contributed by atoms with Crippen LogP contribution in [-0.4, -0.2) is 42.1 Å². The summed E-state index contributed by atoms with van der Waals surface area (Å²) in [4.78, 5) is 18.8. The van der Waals surface area contributed by atoms with Gasteiger partial charge in [-0.15, -0.1) is 0 Å². The average molecular weight is 443 g/mol. The maximum atomic E-state index is 12.3. The second-order valence-electron chi connectivity index (χ2n) is 9.88. The molecular formula is C29H34N2O2. The first-order chi connectivity index (χ1) is 16.0. The summed E-state index contributed by atoms with van der Waals surface area (Å²) in [6.07, 6.45) is 10.4. The van der Waals surface area contributed by atoms with E-state index in [1.807, 2.05) is 17.3 Å². The molecule has 4 nitrogen and oxygen atoms in total. The Morgan fingerprint density at radius 1 is 1.12 bits per heavy atom. The van der Waals surface area contributed by atoms with Gasteiger partial charge < -0.3 is 9.64 Å². The van der Waals surface area contributed by atoms with Gasteiger partial charge in [-0.2, -0.15) is 0 Å². The minimum Gasteiger partial charge on any atom is -0.381 e. The van der Waals surface area contributed by atoms with E-state index in [1.54, 1.807) is 6.92 Å². The van der Waals surface area contributed by atoms with Gasteiger partial charge in [0.25, 0.3) is 0 Å². The number of fused-ring (bicyclic) bond motifs is 1. The predicted octanol–water partition coefficient (Wildman–Crippen LogP) is 6.05. The van der Waals surface area contributed by atoms with E-state index in [-0.39, 0.29) is 5.91 Å². The van der Waals surface area contributed by atoms with Crippen LogP contribution in [0.4, 0.5) is 0 Å². The lowest BCUT2D eigenvalue weighted by Gasteiger charge is -2.33. The number of aromatic nitrogens is 1. The number of hydrogen-bond donors (Lipinski definition) is 0. The fourth-order valence-corrected chi connectivity index (χ4v) is 5.46. The second-order valence-corrected chi connectivity index (χ2v) is 9.88. The van der Waals surface area contributed by atoms with Crippen molar-refractivity contribution in [2.24, 2.45) is 5.92 Å². The zero-order chi connectivity index (χ0) is 22.9. The smallest absolute Gasteiger partial charge is 0.219 e. The Kier molecular flexibility index (Phi) is 6.20. The van der Waals surface area contributed by atoms with Gasteiger partial charge in [0.1, 0.15) is 0 Å². The van der Waals surface area contributed by atoms with Crippen molar-refractivity contribution >= 4 is 22.3 Å². The lowest BCUT2D eigenvalue weighted by molar-refractivity contribution is -0.128. The van der Waals surface area contributed by atoms with Gasteiger partial charge in [-0.05, 0) is 78.0 Å². The number of amides is 1. The number of pyridine rings is 1. The summed E-state index contributed by atoms with van der Waals surface area (Å²) < 4.78 is 5.55. The fraction of sp³-hybridized carbons (Fsp3) is 0.448. The normalized spacial score (nSPS) is 19.7. The zero-order valence-electron chi connectivity index (χ0n) is 19.7. The maximum absolute atomic E-state index is 12.3. The molecule has 1 saturated heterocycles. The molecule has 0 unspecified atom stereocenters. The van der Waals surface area contributed by atoms with Crippen LogP contribution in [0.1, 0.15) is 62.5 Å². The molecule has 5 rings (SSSR count). The van der Waals surface area contributed by atoms with Crippen molar-refractivity contribution < 1.29 is 9.53 Å². The summed E-state index contributed by atoms with van der Waals surface area (Å²) in [5, 5.41) is 2.46. The summed E-state index contributed by atoms with van der Waals surface area (Å²) in [6, 6.07) is 6.52. The lowest BCUT2D eigenvalue weighted by Crippen LogP contribution is -2.36. The van der Waals surface area contributed by atoms with E-state index in [9.17, 15) is 4.79 Å². The Morgan fingerprint density at radius 2 is 1.91 bits per heavy atom. The van der Waals surface area contributed by atoms with E-state index in [0.29, 0.717) is 18.4 Å². The van der Waals surface area contributed by atoms with E-state index in [1.165, 1.54) is 45.9 Å². The van der Waals surface area contributed by atoms with Crippen molar-refractivity contribution in [1.82, 2.24) is 9.88 Å². The molecule has 2 aliphatic heterocycles. The second kappa shape index (κ2) is 9.26. The molecule has 0 N–H and O–H groups in total. The molecule has 2 aromatic rings. The number of benzene rings is 1. The monoisotopic (exact) mass is 442 g/mol. The zero-order valence-corrected chi connectivity index (χ0v) is 19.7. The van der Waals surface area contributed by atoms with Crippen LogP contribution < -0.4 is 0 Å². The van der Waals surface area contributed by atoms with Crippen molar-refractivity contribution in [3.05, 3.63) is 71.6 Å². The van der Waals surface area contributed by atoms with Crippen molar-refractivity contribution in [1.29, 1.82) is 0 Å². The fourth-order valence-electron chi connectivity index (χ4n) is 5.46. The topological polar surface area (TPSA) is 42.4 Å². The molecular weight excluding hydrogens is 408 g/mol. The molecule has 2 fully saturated rings. The third-order valence-electron chi connectivity index (χ3n) is 7.68. The van der Waals surface area contributed by atoms with Crippen LogP contribution >= 0.6 is 0 Å². The molecule has 1 aliphatic carbocycles. The Hall–Kier alpha value is -2.72. The molecule has 0 atom stereocenters. The van der Waals surface area contributed by atoms with E-state index >= 15 is 0 Å². The van der Waals surface area contributed by atoms with Crippen molar-refractivity contribution in [3.63, 3.8) is 0 Å². The van der Waals surface area contributed by atoms with Gasteiger partial charge in [0, 0.05) is 51.0 Å². The molecule has 0 bridgehead atoms. The van der Waals surface area contributed by atoms with Gasteiger partial charge in [-0.1, -0.05) is 42.5 Å². The van der Waals surface area contributed by atoms with Crippen LogP contribution in [0.5, 0.6) is 0 Å². The number of carbonyl (C=O) groups excluding carboxylic acids is 1. The Balaban J connectivity index is 1.51. The van der Waals surface area contributed by atoms with E-state index < -0.39 is 0 Å². The van der Waals surface area contributed by atoms with Gasteiger partial charge in [-0.25, -0.2) is 0 Å². The molecule has 3 heterocycles. The summed E-state index contributed by atoms with van der Waals surface area (Å²) in [5.74, 6) is 1.29. The number of carbonyl (C=O) groups is 1. The highest BCUT2D eigenvalue weighted by Gasteiger charge is 2.28. The van der Waals surface area contributed by atoms with Crippen molar-refractivity contribution in [2.75, 3.05) is 26.3 Å². The first-order valence-electron chi connectivity index (χ1n) is 12.3. The van der Waals surface area contributed by atoms with Crippen LogP contribution in [0, 0.1) is 5.92 Å². The third kappa shape index (κ3) is 4.54. The molecule has 33 heavy (non-hydrogen) atoms. The molecule has 3 aliphatic rings. The quantitative estimate of drug-likeness (QED) is 0.512.